The van der Waals surface area contributed by atoms with E-state index in [1.807, 2.05) is 60.2 Å². The molecule has 2 aromatic carbocycles. The summed E-state index contributed by atoms with van der Waals surface area (Å²) in [5.41, 5.74) is 8.90. The molecule has 0 spiro atoms. The van der Waals surface area contributed by atoms with Gasteiger partial charge in [-0.3, -0.25) is 9.69 Å². The first-order valence-corrected chi connectivity index (χ1v) is 9.32. The normalized spacial score (nSPS) is 20.4. The Morgan fingerprint density at radius 3 is 2.70 bits per heavy atom. The number of fused-ring (bicyclic) bond motifs is 1. The average Bonchev–Trinajstić information content (AvgIpc) is 3.17. The summed E-state index contributed by atoms with van der Waals surface area (Å²) in [7, 11) is 0. The molecule has 3 aromatic rings. The van der Waals surface area contributed by atoms with Crippen molar-refractivity contribution in [1.29, 1.82) is 0 Å². The van der Waals surface area contributed by atoms with Gasteiger partial charge in [-0.15, -0.1) is 0 Å². The molecule has 1 aliphatic heterocycles. The number of para-hydroxylation sites is 1. The SMILES string of the molecule is Cc1ccccc1[C@]1(O)CCN(Cc2cn(CC(N)=O)c3ccccc23)C1. The lowest BCUT2D eigenvalue weighted by molar-refractivity contribution is -0.118. The molecule has 1 fully saturated rings. The average molecular weight is 363 g/mol. The summed E-state index contributed by atoms with van der Waals surface area (Å²) in [4.78, 5) is 13.7. The van der Waals surface area contributed by atoms with Crippen LogP contribution in [0.3, 0.4) is 0 Å². The Morgan fingerprint density at radius 2 is 1.93 bits per heavy atom. The Morgan fingerprint density at radius 1 is 1.19 bits per heavy atom. The maximum atomic E-state index is 11.4. The zero-order valence-corrected chi connectivity index (χ0v) is 15.6. The van der Waals surface area contributed by atoms with Gasteiger partial charge in [0.2, 0.25) is 5.91 Å². The fraction of sp³-hybridized carbons (Fsp3) is 0.318. The lowest BCUT2D eigenvalue weighted by Crippen LogP contribution is -2.31. The Bertz CT molecular complexity index is 994. The van der Waals surface area contributed by atoms with Crippen molar-refractivity contribution in [3.63, 3.8) is 0 Å². The molecule has 0 unspecified atom stereocenters. The van der Waals surface area contributed by atoms with E-state index in [-0.39, 0.29) is 12.5 Å². The molecule has 5 heteroatoms. The maximum Gasteiger partial charge on any atom is 0.237 e. The molecule has 1 saturated heterocycles. The quantitative estimate of drug-likeness (QED) is 0.732. The second-order valence-electron chi connectivity index (χ2n) is 7.57. The van der Waals surface area contributed by atoms with Gasteiger partial charge in [0, 0.05) is 36.7 Å². The zero-order chi connectivity index (χ0) is 19.0. The zero-order valence-electron chi connectivity index (χ0n) is 15.6. The molecule has 0 radical (unpaired) electrons. The number of hydrogen-bond donors (Lipinski definition) is 2. The van der Waals surface area contributed by atoms with Crippen LogP contribution in [-0.2, 0) is 23.5 Å². The lowest BCUT2D eigenvalue weighted by atomic mass is 9.89. The van der Waals surface area contributed by atoms with Crippen molar-refractivity contribution in [1.82, 2.24) is 9.47 Å². The number of rotatable bonds is 5. The largest absolute Gasteiger partial charge is 0.384 e. The fourth-order valence-electron chi connectivity index (χ4n) is 4.31. The van der Waals surface area contributed by atoms with Gasteiger partial charge in [0.05, 0.1) is 0 Å². The minimum atomic E-state index is -0.809. The topological polar surface area (TPSA) is 71.5 Å². The van der Waals surface area contributed by atoms with Gasteiger partial charge in [-0.05, 0) is 36.1 Å². The maximum absolute atomic E-state index is 11.4. The predicted molar refractivity (Wildman–Crippen MR) is 106 cm³/mol. The molecule has 2 heterocycles. The van der Waals surface area contributed by atoms with Crippen LogP contribution < -0.4 is 5.73 Å². The van der Waals surface area contributed by atoms with Crippen LogP contribution in [0.15, 0.2) is 54.7 Å². The highest BCUT2D eigenvalue weighted by Gasteiger charge is 2.38. The van der Waals surface area contributed by atoms with E-state index in [0.717, 1.165) is 47.1 Å². The molecule has 0 saturated carbocycles. The minimum Gasteiger partial charge on any atom is -0.384 e. The van der Waals surface area contributed by atoms with Gasteiger partial charge in [0.25, 0.3) is 0 Å². The number of hydrogen-bond acceptors (Lipinski definition) is 3. The third-order valence-corrected chi connectivity index (χ3v) is 5.56. The summed E-state index contributed by atoms with van der Waals surface area (Å²) in [6.07, 6.45) is 2.73. The minimum absolute atomic E-state index is 0.174. The highest BCUT2D eigenvalue weighted by atomic mass is 16.3. The second-order valence-corrected chi connectivity index (χ2v) is 7.57. The molecule has 0 aliphatic carbocycles. The van der Waals surface area contributed by atoms with Crippen LogP contribution >= 0.6 is 0 Å². The number of benzene rings is 2. The molecule has 140 valence electrons. The second kappa shape index (κ2) is 6.83. The molecule has 1 aromatic heterocycles. The number of likely N-dealkylation sites (tertiary alicyclic amines) is 1. The van der Waals surface area contributed by atoms with Crippen LogP contribution in [0.4, 0.5) is 0 Å². The van der Waals surface area contributed by atoms with Gasteiger partial charge in [0.15, 0.2) is 0 Å². The van der Waals surface area contributed by atoms with Gasteiger partial charge in [0.1, 0.15) is 12.1 Å². The van der Waals surface area contributed by atoms with Gasteiger partial charge < -0.3 is 15.4 Å². The van der Waals surface area contributed by atoms with E-state index < -0.39 is 5.60 Å². The van der Waals surface area contributed by atoms with Gasteiger partial charge in [-0.25, -0.2) is 0 Å². The number of nitrogens with two attached hydrogens (primary N) is 1. The first-order valence-electron chi connectivity index (χ1n) is 9.32. The van der Waals surface area contributed by atoms with E-state index in [1.165, 1.54) is 0 Å². The molecule has 3 N–H and O–H groups in total. The van der Waals surface area contributed by atoms with Crippen molar-refractivity contribution >= 4 is 16.8 Å². The Labute approximate surface area is 159 Å². The number of primary amides is 1. The fourth-order valence-corrected chi connectivity index (χ4v) is 4.31. The molecule has 4 rings (SSSR count). The van der Waals surface area contributed by atoms with Crippen molar-refractivity contribution in [3.05, 3.63) is 71.4 Å². The van der Waals surface area contributed by atoms with Crippen molar-refractivity contribution < 1.29 is 9.90 Å². The summed E-state index contributed by atoms with van der Waals surface area (Å²) < 4.78 is 1.91. The van der Waals surface area contributed by atoms with Crippen molar-refractivity contribution in [2.75, 3.05) is 13.1 Å². The van der Waals surface area contributed by atoms with E-state index in [9.17, 15) is 9.90 Å². The number of aryl methyl sites for hydroxylation is 1. The predicted octanol–water partition coefficient (Wildman–Crippen LogP) is 2.53. The monoisotopic (exact) mass is 363 g/mol. The third kappa shape index (κ3) is 3.36. The number of β-amino-alcohol motifs (C(OH)–C–C–N with tert-alkyl or cyclic N) is 1. The highest BCUT2D eigenvalue weighted by Crippen LogP contribution is 2.35. The first-order chi connectivity index (χ1) is 13.0. The molecule has 1 amide bonds. The summed E-state index contributed by atoms with van der Waals surface area (Å²) in [5, 5.41) is 12.4. The van der Waals surface area contributed by atoms with E-state index in [0.29, 0.717) is 6.54 Å². The number of aliphatic hydroxyl groups is 1. The molecular weight excluding hydrogens is 338 g/mol. The molecule has 1 aliphatic rings. The molecule has 5 nitrogen and oxygen atoms in total. The van der Waals surface area contributed by atoms with E-state index >= 15 is 0 Å². The number of nitrogens with zero attached hydrogens (tertiary/aromatic N) is 2. The summed E-state index contributed by atoms with van der Waals surface area (Å²) in [6.45, 7) is 4.40. The Kier molecular flexibility index (Phi) is 4.50. The molecule has 27 heavy (non-hydrogen) atoms. The van der Waals surface area contributed by atoms with Gasteiger partial charge in [-0.2, -0.15) is 0 Å². The van der Waals surface area contributed by atoms with E-state index in [4.69, 9.17) is 5.73 Å². The van der Waals surface area contributed by atoms with Crippen LogP contribution in [-0.4, -0.2) is 33.6 Å². The highest BCUT2D eigenvalue weighted by molar-refractivity contribution is 5.85. The summed E-state index contributed by atoms with van der Waals surface area (Å²) in [5.74, 6) is -0.350. The summed E-state index contributed by atoms with van der Waals surface area (Å²) >= 11 is 0. The van der Waals surface area contributed by atoms with Crippen LogP contribution in [0.5, 0.6) is 0 Å². The van der Waals surface area contributed by atoms with E-state index in [2.05, 4.69) is 11.0 Å². The smallest absolute Gasteiger partial charge is 0.237 e. The van der Waals surface area contributed by atoms with Crippen LogP contribution in [0, 0.1) is 6.92 Å². The first kappa shape index (κ1) is 17.8. The number of aromatic nitrogens is 1. The van der Waals surface area contributed by atoms with Crippen LogP contribution in [0.25, 0.3) is 10.9 Å². The molecule has 1 atom stereocenters. The van der Waals surface area contributed by atoms with Crippen molar-refractivity contribution in [2.24, 2.45) is 5.73 Å². The van der Waals surface area contributed by atoms with Crippen molar-refractivity contribution in [2.45, 2.75) is 32.0 Å². The van der Waals surface area contributed by atoms with E-state index in [1.54, 1.807) is 0 Å². The molecule has 0 bridgehead atoms. The lowest BCUT2D eigenvalue weighted by Gasteiger charge is -2.25. The third-order valence-electron chi connectivity index (χ3n) is 5.56. The summed E-state index contributed by atoms with van der Waals surface area (Å²) in [6, 6.07) is 16.1. The number of carbonyl (C=O) groups excluding carboxylic acids is 1. The standard InChI is InChI=1S/C22H25N3O2/c1-16-6-2-4-8-19(16)22(27)10-11-24(15-22)12-17-13-25(14-21(23)26)20-9-5-3-7-18(17)20/h2-9,13,27H,10-12,14-15H2,1H3,(H2,23,26)/t22-/m0/s1. The number of carbonyl (C=O) groups is 1. The van der Waals surface area contributed by atoms with Crippen LogP contribution in [0.2, 0.25) is 0 Å². The Hall–Kier alpha value is -2.63. The van der Waals surface area contributed by atoms with Crippen molar-refractivity contribution in [3.8, 4) is 0 Å². The van der Waals surface area contributed by atoms with Crippen LogP contribution in [0.1, 0.15) is 23.1 Å². The molecular formula is C22H25N3O2. The van der Waals surface area contributed by atoms with Gasteiger partial charge >= 0.3 is 0 Å². The number of amides is 1. The van der Waals surface area contributed by atoms with Gasteiger partial charge in [-0.1, -0.05) is 42.5 Å². The Balaban J connectivity index is 1.59.